The van der Waals surface area contributed by atoms with Gasteiger partial charge in [0.15, 0.2) is 5.76 Å². The number of rotatable bonds is 11. The third-order valence-corrected chi connectivity index (χ3v) is 7.87. The second kappa shape index (κ2) is 11.1. The lowest BCUT2D eigenvalue weighted by Gasteiger charge is -2.17. The molecule has 2 aromatic heterocycles. The molecule has 4 aromatic rings. The van der Waals surface area contributed by atoms with E-state index in [9.17, 15) is 14.7 Å². The van der Waals surface area contributed by atoms with Gasteiger partial charge in [0.1, 0.15) is 5.71 Å². The summed E-state index contributed by atoms with van der Waals surface area (Å²) in [6.07, 6.45) is 7.24. The van der Waals surface area contributed by atoms with E-state index in [1.165, 1.54) is 19.1 Å². The number of carbonyl (C=O) groups is 2. The predicted molar refractivity (Wildman–Crippen MR) is 153 cm³/mol. The van der Waals surface area contributed by atoms with Crippen LogP contribution in [-0.4, -0.2) is 27.0 Å². The van der Waals surface area contributed by atoms with Crippen LogP contribution in [0.25, 0.3) is 17.0 Å². The van der Waals surface area contributed by atoms with Crippen molar-refractivity contribution in [1.29, 1.82) is 0 Å². The Kier molecular flexibility index (Phi) is 7.22. The molecule has 0 aliphatic heterocycles. The van der Waals surface area contributed by atoms with Crippen LogP contribution < -0.4 is 0 Å². The van der Waals surface area contributed by atoms with E-state index >= 15 is 0 Å². The Bertz CT molecular complexity index is 1610. The van der Waals surface area contributed by atoms with Gasteiger partial charge >= 0.3 is 0 Å². The zero-order valence-corrected chi connectivity index (χ0v) is 22.5. The molecule has 0 radical (unpaired) electrons. The van der Waals surface area contributed by atoms with Crippen molar-refractivity contribution in [2.75, 3.05) is 0 Å². The first-order chi connectivity index (χ1) is 19.5. The number of aromatic nitrogens is 1. The Hall–Kier alpha value is -4.23. The molecule has 1 N–H and O–H groups in total. The van der Waals surface area contributed by atoms with Gasteiger partial charge in [-0.3, -0.25) is 9.59 Å². The van der Waals surface area contributed by atoms with Crippen LogP contribution in [0.3, 0.4) is 0 Å². The van der Waals surface area contributed by atoms with Crippen LogP contribution in [0.1, 0.15) is 78.3 Å². The largest absolute Gasteiger partial charge is 0.461 e. The molecule has 40 heavy (non-hydrogen) atoms. The van der Waals surface area contributed by atoms with E-state index in [2.05, 4.69) is 16.6 Å². The third-order valence-electron chi connectivity index (χ3n) is 7.87. The highest BCUT2D eigenvalue weighted by Gasteiger charge is 2.28. The van der Waals surface area contributed by atoms with E-state index in [4.69, 9.17) is 9.25 Å². The van der Waals surface area contributed by atoms with Gasteiger partial charge in [-0.15, -0.1) is 0 Å². The molecule has 0 spiro atoms. The summed E-state index contributed by atoms with van der Waals surface area (Å²) < 4.78 is 7.59. The number of hydrogen-bond donors (Lipinski definition) is 1. The van der Waals surface area contributed by atoms with Gasteiger partial charge in [0.25, 0.3) is 6.29 Å². The minimum Gasteiger partial charge on any atom is -0.461 e. The average Bonchev–Trinajstić information content (AvgIpc) is 3.55. The topological polar surface area (TPSA) is 94.0 Å². The quantitative estimate of drug-likeness (QED) is 0.100. The number of ketones is 2. The highest BCUT2D eigenvalue weighted by Crippen LogP contribution is 2.36. The van der Waals surface area contributed by atoms with Crippen LogP contribution in [0.4, 0.5) is 0 Å². The number of aliphatic hydroxyl groups excluding tert-OH is 1. The Morgan fingerprint density at radius 2 is 1.93 bits per heavy atom. The SMILES string of the molecule is CCn1c2c(c3cc(C(=O)c4ccco4)ccc31)C=C(C(=O)C(CCC1CC1)=NOC(O)c1ccccc1)CC2. The van der Waals surface area contributed by atoms with Crippen molar-refractivity contribution in [2.45, 2.75) is 58.3 Å². The summed E-state index contributed by atoms with van der Waals surface area (Å²) in [5, 5.41) is 15.6. The fourth-order valence-electron chi connectivity index (χ4n) is 5.52. The van der Waals surface area contributed by atoms with Crippen LogP contribution in [0.2, 0.25) is 0 Å². The molecule has 2 aliphatic rings. The number of carbonyl (C=O) groups excluding carboxylic acids is 2. The number of oxime groups is 1. The average molecular weight is 537 g/mol. The molecule has 7 nitrogen and oxygen atoms in total. The Morgan fingerprint density at radius 1 is 1.10 bits per heavy atom. The Morgan fingerprint density at radius 3 is 2.65 bits per heavy atom. The van der Waals surface area contributed by atoms with Crippen LogP contribution in [0.5, 0.6) is 0 Å². The number of Topliss-reactive ketones (excluding diaryl/α,β-unsaturated/α-hetero) is 1. The number of allylic oxidation sites excluding steroid dienone is 1. The van der Waals surface area contributed by atoms with Crippen molar-refractivity contribution in [3.63, 3.8) is 0 Å². The lowest BCUT2D eigenvalue weighted by Crippen LogP contribution is -2.20. The van der Waals surface area contributed by atoms with Gasteiger partial charge < -0.3 is 18.9 Å². The van der Waals surface area contributed by atoms with E-state index in [0.29, 0.717) is 53.4 Å². The highest BCUT2D eigenvalue weighted by atomic mass is 16.7. The van der Waals surface area contributed by atoms with Crippen molar-refractivity contribution in [2.24, 2.45) is 11.1 Å². The number of fused-ring (bicyclic) bond motifs is 3. The summed E-state index contributed by atoms with van der Waals surface area (Å²) in [6, 6.07) is 18.1. The van der Waals surface area contributed by atoms with E-state index in [0.717, 1.165) is 35.1 Å². The van der Waals surface area contributed by atoms with Gasteiger partial charge in [-0.05, 0) is 74.9 Å². The van der Waals surface area contributed by atoms with Crippen LogP contribution in [0.15, 0.2) is 82.1 Å². The van der Waals surface area contributed by atoms with Gasteiger partial charge in [-0.2, -0.15) is 0 Å². The maximum absolute atomic E-state index is 13.8. The Labute approximate surface area is 232 Å². The highest BCUT2D eigenvalue weighted by molar-refractivity contribution is 6.46. The predicted octanol–water partition coefficient (Wildman–Crippen LogP) is 6.64. The number of aliphatic hydroxyl groups is 1. The van der Waals surface area contributed by atoms with E-state index in [-0.39, 0.29) is 11.6 Å². The summed E-state index contributed by atoms with van der Waals surface area (Å²) in [5.41, 5.74) is 5.28. The molecule has 0 bridgehead atoms. The van der Waals surface area contributed by atoms with Crippen LogP contribution in [0, 0.1) is 5.92 Å². The zero-order valence-electron chi connectivity index (χ0n) is 22.5. The lowest BCUT2D eigenvalue weighted by molar-refractivity contribution is -0.112. The maximum Gasteiger partial charge on any atom is 0.250 e. The zero-order chi connectivity index (χ0) is 27.6. The van der Waals surface area contributed by atoms with Gasteiger partial charge in [0.05, 0.1) is 6.26 Å². The molecule has 1 atom stereocenters. The minimum absolute atomic E-state index is 0.147. The van der Waals surface area contributed by atoms with Gasteiger partial charge in [-0.1, -0.05) is 48.3 Å². The second-order valence-corrected chi connectivity index (χ2v) is 10.5. The van der Waals surface area contributed by atoms with E-state index in [1.807, 2.05) is 42.5 Å². The van der Waals surface area contributed by atoms with Gasteiger partial charge in [0, 0.05) is 45.4 Å². The lowest BCUT2D eigenvalue weighted by atomic mass is 9.90. The minimum atomic E-state index is -1.25. The molecule has 7 heteroatoms. The van der Waals surface area contributed by atoms with Crippen molar-refractivity contribution in [1.82, 2.24) is 4.57 Å². The number of aryl methyl sites for hydroxylation is 1. The normalized spacial score (nSPS) is 15.9. The molecule has 2 aliphatic carbocycles. The molecule has 6 rings (SSSR count). The second-order valence-electron chi connectivity index (χ2n) is 10.5. The number of nitrogens with zero attached hydrogens (tertiary/aromatic N) is 2. The summed E-state index contributed by atoms with van der Waals surface area (Å²) in [6.45, 7) is 2.89. The number of benzene rings is 2. The van der Waals surface area contributed by atoms with E-state index in [1.54, 1.807) is 24.3 Å². The molecule has 1 unspecified atom stereocenters. The fourth-order valence-corrected chi connectivity index (χ4v) is 5.52. The first kappa shape index (κ1) is 26.0. The molecule has 2 heterocycles. The van der Waals surface area contributed by atoms with Crippen molar-refractivity contribution in [3.05, 3.63) is 101 Å². The first-order valence-electron chi connectivity index (χ1n) is 14.0. The van der Waals surface area contributed by atoms with Crippen LogP contribution >= 0.6 is 0 Å². The monoisotopic (exact) mass is 536 g/mol. The molecule has 1 saturated carbocycles. The van der Waals surface area contributed by atoms with Crippen LogP contribution in [-0.2, 0) is 22.6 Å². The van der Waals surface area contributed by atoms with Gasteiger partial charge in [-0.25, -0.2) is 0 Å². The van der Waals surface area contributed by atoms with Gasteiger partial charge in [0.2, 0.25) is 11.6 Å². The molecule has 1 fully saturated rings. The first-order valence-corrected chi connectivity index (χ1v) is 14.0. The molecule has 204 valence electrons. The Balaban J connectivity index is 1.33. The summed E-state index contributed by atoms with van der Waals surface area (Å²) in [5.74, 6) is 0.594. The van der Waals surface area contributed by atoms with Crippen molar-refractivity contribution >= 4 is 34.3 Å². The van der Waals surface area contributed by atoms with E-state index < -0.39 is 6.29 Å². The molecular formula is C33H32N2O5. The van der Waals surface area contributed by atoms with Crippen molar-refractivity contribution in [3.8, 4) is 0 Å². The summed E-state index contributed by atoms with van der Waals surface area (Å²) in [7, 11) is 0. The van der Waals surface area contributed by atoms with Crippen molar-refractivity contribution < 1.29 is 24.0 Å². The third kappa shape index (κ3) is 5.17. The fraction of sp³-hybridized carbons (Fsp3) is 0.303. The smallest absolute Gasteiger partial charge is 0.250 e. The molecular weight excluding hydrogens is 504 g/mol. The number of furan rings is 1. The summed E-state index contributed by atoms with van der Waals surface area (Å²) in [4.78, 5) is 32.2. The molecule has 0 amide bonds. The summed E-state index contributed by atoms with van der Waals surface area (Å²) >= 11 is 0. The number of hydrogen-bond acceptors (Lipinski definition) is 6. The maximum atomic E-state index is 13.8. The standard InChI is InChI=1S/C33H32N2O5/c1-2-35-28-16-13-23(19-25(28)26-20-24(14-17-29(26)35)32(37)30-9-6-18-39-30)31(36)27(15-12-21-10-11-21)34-40-33(38)22-7-4-3-5-8-22/h3-9,14,17-21,33,38H,2,10-13,15-16H2,1H3. The molecule has 0 saturated heterocycles. The molecule has 2 aromatic carbocycles.